The number of aliphatic hydroxyl groups is 1. The van der Waals surface area contributed by atoms with Crippen molar-refractivity contribution in [1.29, 1.82) is 0 Å². The van der Waals surface area contributed by atoms with Crippen LogP contribution in [0.1, 0.15) is 13.8 Å². The largest absolute Gasteiger partial charge is 0.459 e. The molecule has 1 aliphatic heterocycles. The van der Waals surface area contributed by atoms with Crippen LogP contribution >= 0.6 is 0 Å². The molecule has 1 N–H and O–H groups in total. The molecule has 0 bridgehead atoms. The fourth-order valence-corrected chi connectivity index (χ4v) is 1.10. The van der Waals surface area contributed by atoms with E-state index in [1.165, 1.54) is 0 Å². The highest BCUT2D eigenvalue weighted by Gasteiger charge is 2.37. The smallest absolute Gasteiger partial charge is 0.309 e. The van der Waals surface area contributed by atoms with Crippen LogP contribution in [0.2, 0.25) is 0 Å². The summed E-state index contributed by atoms with van der Waals surface area (Å²) in [7, 11) is 0. The number of carbonyl (C=O) groups excluding carboxylic acids is 1. The fraction of sp³-hybridized carbons (Fsp3) is 0.857. The molecule has 58 valence electrons. The molecule has 1 saturated heterocycles. The summed E-state index contributed by atoms with van der Waals surface area (Å²) in [5.74, 6) is -0.0961. The van der Waals surface area contributed by atoms with E-state index in [-0.39, 0.29) is 30.5 Å². The van der Waals surface area contributed by atoms with Gasteiger partial charge in [0.1, 0.15) is 6.10 Å². The summed E-state index contributed by atoms with van der Waals surface area (Å²) in [6.07, 6.45) is -0.275. The fourth-order valence-electron chi connectivity index (χ4n) is 1.10. The second-order valence-electron chi connectivity index (χ2n) is 2.81. The zero-order chi connectivity index (χ0) is 7.72. The maximum absolute atomic E-state index is 10.8. The predicted molar refractivity (Wildman–Crippen MR) is 35.3 cm³/mol. The Morgan fingerprint density at radius 1 is 1.60 bits per heavy atom. The van der Waals surface area contributed by atoms with Crippen LogP contribution in [0.4, 0.5) is 0 Å². The topological polar surface area (TPSA) is 46.5 Å². The molecule has 0 saturated carbocycles. The average molecular weight is 144 g/mol. The third kappa shape index (κ3) is 1.01. The second kappa shape index (κ2) is 2.58. The molecule has 0 radical (unpaired) electrons. The van der Waals surface area contributed by atoms with Crippen LogP contribution in [-0.4, -0.2) is 23.8 Å². The monoisotopic (exact) mass is 144 g/mol. The first-order valence-corrected chi connectivity index (χ1v) is 3.48. The van der Waals surface area contributed by atoms with E-state index >= 15 is 0 Å². The Morgan fingerprint density at radius 3 is 2.40 bits per heavy atom. The quantitative estimate of drug-likeness (QED) is 0.534. The van der Waals surface area contributed by atoms with Crippen LogP contribution in [0, 0.1) is 11.8 Å². The zero-order valence-corrected chi connectivity index (χ0v) is 6.20. The van der Waals surface area contributed by atoms with Gasteiger partial charge in [-0.3, -0.25) is 4.79 Å². The predicted octanol–water partition coefficient (Wildman–Crippen LogP) is 0.176. The molecule has 0 aliphatic carbocycles. The Labute approximate surface area is 60.0 Å². The molecule has 0 aromatic carbocycles. The lowest BCUT2D eigenvalue weighted by atomic mass is 9.95. The van der Waals surface area contributed by atoms with Gasteiger partial charge in [0.25, 0.3) is 0 Å². The maximum Gasteiger partial charge on any atom is 0.309 e. The molecule has 3 nitrogen and oxygen atoms in total. The third-order valence-electron chi connectivity index (χ3n) is 2.19. The van der Waals surface area contributed by atoms with Crippen molar-refractivity contribution in [3.05, 3.63) is 0 Å². The molecule has 1 rings (SSSR count). The first-order chi connectivity index (χ1) is 4.66. The summed E-state index contributed by atoms with van der Waals surface area (Å²) in [6.45, 7) is 3.68. The van der Waals surface area contributed by atoms with Gasteiger partial charge >= 0.3 is 5.97 Å². The summed E-state index contributed by atoms with van der Waals surface area (Å²) in [4.78, 5) is 10.8. The van der Waals surface area contributed by atoms with Crippen molar-refractivity contribution >= 4 is 5.97 Å². The van der Waals surface area contributed by atoms with E-state index in [1.54, 1.807) is 0 Å². The lowest BCUT2D eigenvalue weighted by molar-refractivity contribution is -0.145. The van der Waals surface area contributed by atoms with Crippen LogP contribution in [0.3, 0.4) is 0 Å². The van der Waals surface area contributed by atoms with E-state index in [0.717, 1.165) is 0 Å². The highest BCUT2D eigenvalue weighted by molar-refractivity contribution is 5.74. The molecule has 0 spiro atoms. The Bertz CT molecular complexity index is 144. The number of ether oxygens (including phenoxy) is 1. The SMILES string of the molecule is C[C@H]1[C@H](CO)OC(=O)[C@@H]1C. The number of carbonyl (C=O) groups is 1. The van der Waals surface area contributed by atoms with E-state index in [4.69, 9.17) is 9.84 Å². The molecule has 1 heterocycles. The summed E-state index contributed by atoms with van der Waals surface area (Å²) in [5, 5.41) is 8.69. The van der Waals surface area contributed by atoms with Crippen LogP contribution < -0.4 is 0 Å². The van der Waals surface area contributed by atoms with Crippen molar-refractivity contribution in [3.63, 3.8) is 0 Å². The molecule has 0 aromatic rings. The van der Waals surface area contributed by atoms with Gasteiger partial charge in [0, 0.05) is 5.92 Å². The van der Waals surface area contributed by atoms with Gasteiger partial charge in [-0.25, -0.2) is 0 Å². The summed E-state index contributed by atoms with van der Waals surface area (Å²) < 4.78 is 4.85. The van der Waals surface area contributed by atoms with Crippen LogP contribution in [0.25, 0.3) is 0 Å². The molecule has 10 heavy (non-hydrogen) atoms. The number of cyclic esters (lactones) is 1. The first-order valence-electron chi connectivity index (χ1n) is 3.48. The maximum atomic E-state index is 10.8. The van der Waals surface area contributed by atoms with E-state index in [0.29, 0.717) is 0 Å². The van der Waals surface area contributed by atoms with Gasteiger partial charge in [0.2, 0.25) is 0 Å². The van der Waals surface area contributed by atoms with Gasteiger partial charge < -0.3 is 9.84 Å². The standard InChI is InChI=1S/C7H12O3/c1-4-5(2)7(9)10-6(4)3-8/h4-6,8H,3H2,1-2H3/t4-,5-,6+/m1/s1. The van der Waals surface area contributed by atoms with E-state index in [2.05, 4.69) is 0 Å². The summed E-state index contributed by atoms with van der Waals surface area (Å²) in [5.41, 5.74) is 0. The van der Waals surface area contributed by atoms with Crippen LogP contribution in [-0.2, 0) is 9.53 Å². The Balaban J connectivity index is 2.61. The number of esters is 1. The minimum Gasteiger partial charge on any atom is -0.459 e. The highest BCUT2D eigenvalue weighted by Crippen LogP contribution is 2.26. The normalized spacial score (nSPS) is 39.9. The molecule has 1 aliphatic rings. The van der Waals surface area contributed by atoms with E-state index in [9.17, 15) is 4.79 Å². The highest BCUT2D eigenvalue weighted by atomic mass is 16.6. The zero-order valence-electron chi connectivity index (χ0n) is 6.20. The molecule has 0 aromatic heterocycles. The van der Waals surface area contributed by atoms with Gasteiger partial charge in [-0.2, -0.15) is 0 Å². The lowest BCUT2D eigenvalue weighted by Gasteiger charge is -2.10. The second-order valence-corrected chi connectivity index (χ2v) is 2.81. The van der Waals surface area contributed by atoms with Gasteiger partial charge in [0.15, 0.2) is 0 Å². The molecule has 0 amide bonds. The molecule has 3 heteroatoms. The molecular weight excluding hydrogens is 132 g/mol. The third-order valence-corrected chi connectivity index (χ3v) is 2.19. The number of aliphatic hydroxyl groups excluding tert-OH is 1. The minimum atomic E-state index is -0.275. The summed E-state index contributed by atoms with van der Waals surface area (Å²) >= 11 is 0. The van der Waals surface area contributed by atoms with Crippen molar-refractivity contribution < 1.29 is 14.6 Å². The first kappa shape index (κ1) is 7.54. The number of rotatable bonds is 1. The van der Waals surface area contributed by atoms with Crippen molar-refractivity contribution in [2.45, 2.75) is 20.0 Å². The van der Waals surface area contributed by atoms with Crippen molar-refractivity contribution in [2.75, 3.05) is 6.61 Å². The van der Waals surface area contributed by atoms with E-state index < -0.39 is 0 Å². The Morgan fingerprint density at radius 2 is 2.20 bits per heavy atom. The van der Waals surface area contributed by atoms with Gasteiger partial charge in [-0.15, -0.1) is 0 Å². The van der Waals surface area contributed by atoms with Gasteiger partial charge in [-0.1, -0.05) is 13.8 Å². The Kier molecular flexibility index (Phi) is 1.94. The van der Waals surface area contributed by atoms with Crippen LogP contribution in [0.15, 0.2) is 0 Å². The molecule has 0 unspecified atom stereocenters. The molecular formula is C7H12O3. The van der Waals surface area contributed by atoms with Crippen molar-refractivity contribution in [2.24, 2.45) is 11.8 Å². The molecule has 3 atom stereocenters. The van der Waals surface area contributed by atoms with Gasteiger partial charge in [0.05, 0.1) is 12.5 Å². The molecule has 1 fully saturated rings. The Hall–Kier alpha value is -0.570. The lowest BCUT2D eigenvalue weighted by Crippen LogP contribution is -2.19. The average Bonchev–Trinajstić information content (AvgIpc) is 2.17. The summed E-state index contributed by atoms with van der Waals surface area (Å²) in [6, 6.07) is 0. The number of hydrogen-bond acceptors (Lipinski definition) is 3. The van der Waals surface area contributed by atoms with Crippen molar-refractivity contribution in [1.82, 2.24) is 0 Å². The number of hydrogen-bond donors (Lipinski definition) is 1. The van der Waals surface area contributed by atoms with Crippen molar-refractivity contribution in [3.8, 4) is 0 Å². The van der Waals surface area contributed by atoms with E-state index in [1.807, 2.05) is 13.8 Å². The van der Waals surface area contributed by atoms with Crippen LogP contribution in [0.5, 0.6) is 0 Å². The minimum absolute atomic E-state index is 0.0582. The van der Waals surface area contributed by atoms with Gasteiger partial charge in [-0.05, 0) is 0 Å².